The lowest BCUT2D eigenvalue weighted by Crippen LogP contribution is -2.12. The molecule has 0 aliphatic carbocycles. The second-order valence-corrected chi connectivity index (χ2v) is 5.83. The molecule has 0 saturated carbocycles. The summed E-state index contributed by atoms with van der Waals surface area (Å²) in [5, 5.41) is 8.11. The van der Waals surface area contributed by atoms with Crippen LogP contribution in [0.5, 0.6) is 5.75 Å². The fourth-order valence-corrected chi connectivity index (χ4v) is 2.22. The average Bonchev–Trinajstić information content (AvgIpc) is 3.11. The lowest BCUT2D eigenvalue weighted by Gasteiger charge is -2.11. The molecule has 0 atom stereocenters. The van der Waals surface area contributed by atoms with Gasteiger partial charge in [0, 0.05) is 13.7 Å². The van der Waals surface area contributed by atoms with Gasteiger partial charge in [-0.25, -0.2) is 4.79 Å². The van der Waals surface area contributed by atoms with E-state index in [4.69, 9.17) is 14.2 Å². The van der Waals surface area contributed by atoms with Crippen LogP contribution < -0.4 is 4.74 Å². The van der Waals surface area contributed by atoms with E-state index >= 15 is 0 Å². The van der Waals surface area contributed by atoms with Crippen LogP contribution in [0.2, 0.25) is 0 Å². The third-order valence-electron chi connectivity index (χ3n) is 3.64. The Morgan fingerprint density at radius 1 is 1.19 bits per heavy atom. The Morgan fingerprint density at radius 2 is 2.00 bits per heavy atom. The highest BCUT2D eigenvalue weighted by Crippen LogP contribution is 2.19. The van der Waals surface area contributed by atoms with E-state index in [1.54, 1.807) is 30.0 Å². The second kappa shape index (κ2) is 10.4. The quantitative estimate of drug-likeness (QED) is 0.453. The number of unbranched alkanes of at least 4 members (excludes halogenated alkanes) is 1. The first-order valence-electron chi connectivity index (χ1n) is 8.55. The van der Waals surface area contributed by atoms with E-state index in [1.807, 2.05) is 19.2 Å². The molecule has 1 heterocycles. The molecule has 26 heavy (non-hydrogen) atoms. The van der Waals surface area contributed by atoms with E-state index in [-0.39, 0.29) is 6.61 Å². The highest BCUT2D eigenvalue weighted by Gasteiger charge is 2.13. The van der Waals surface area contributed by atoms with Crippen molar-refractivity contribution in [2.24, 2.45) is 0 Å². The molecule has 2 aromatic rings. The van der Waals surface area contributed by atoms with Crippen LogP contribution in [0, 0.1) is 0 Å². The first-order chi connectivity index (χ1) is 12.6. The first kappa shape index (κ1) is 19.7. The van der Waals surface area contributed by atoms with Crippen molar-refractivity contribution in [3.8, 4) is 5.75 Å². The van der Waals surface area contributed by atoms with Gasteiger partial charge in [0.05, 0.1) is 19.4 Å². The number of methoxy groups -OCH3 is 1. The summed E-state index contributed by atoms with van der Waals surface area (Å²) in [4.78, 5) is 12.1. The van der Waals surface area contributed by atoms with Gasteiger partial charge in [0.2, 0.25) is 0 Å². The number of carbonyl (C=O) groups excluding carboxylic acids is 1. The van der Waals surface area contributed by atoms with Gasteiger partial charge < -0.3 is 14.2 Å². The third kappa shape index (κ3) is 6.00. The zero-order valence-corrected chi connectivity index (χ0v) is 15.3. The van der Waals surface area contributed by atoms with Crippen LogP contribution >= 0.6 is 0 Å². The number of ether oxygens (including phenoxy) is 3. The molecule has 7 heteroatoms. The van der Waals surface area contributed by atoms with Crippen molar-refractivity contribution in [2.45, 2.75) is 26.3 Å². The van der Waals surface area contributed by atoms with Crippen molar-refractivity contribution in [2.75, 3.05) is 26.9 Å². The van der Waals surface area contributed by atoms with E-state index in [0.717, 1.165) is 30.7 Å². The molecule has 7 nitrogen and oxygen atoms in total. The van der Waals surface area contributed by atoms with Crippen molar-refractivity contribution < 1.29 is 19.0 Å². The van der Waals surface area contributed by atoms with Crippen LogP contribution in [0.25, 0.3) is 5.57 Å². The molecule has 1 aromatic heterocycles. The number of hydrogen-bond donors (Lipinski definition) is 0. The van der Waals surface area contributed by atoms with Gasteiger partial charge in [0.15, 0.2) is 0 Å². The fourth-order valence-electron chi connectivity index (χ4n) is 2.22. The number of carbonyl (C=O) groups is 1. The van der Waals surface area contributed by atoms with Crippen LogP contribution in [-0.4, -0.2) is 47.9 Å². The van der Waals surface area contributed by atoms with Gasteiger partial charge in [-0.05, 0) is 37.5 Å². The molecule has 0 aliphatic heterocycles. The fraction of sp³-hybridized carbons (Fsp3) is 0.421. The van der Waals surface area contributed by atoms with Crippen molar-refractivity contribution in [1.82, 2.24) is 15.0 Å². The van der Waals surface area contributed by atoms with Crippen LogP contribution in [0.15, 0.2) is 37.0 Å². The van der Waals surface area contributed by atoms with Crippen molar-refractivity contribution in [1.29, 1.82) is 0 Å². The van der Waals surface area contributed by atoms with E-state index in [2.05, 4.69) is 16.9 Å². The van der Waals surface area contributed by atoms with E-state index in [9.17, 15) is 4.79 Å². The van der Waals surface area contributed by atoms with Gasteiger partial charge >= 0.3 is 5.97 Å². The number of allylic oxidation sites excluding steroid dienone is 1. The Hall–Kier alpha value is -2.67. The van der Waals surface area contributed by atoms with Gasteiger partial charge in [-0.2, -0.15) is 0 Å². The standard InChI is InChI=1S/C19H25N3O4/c1-15(2)17-14-22(21-20-17)10-6-7-11-25-18-9-5-4-8-16(18)19(23)26-13-12-24-3/h4-5,8-9,14H,1,6-7,10-13H2,2-3H3. The van der Waals surface area contributed by atoms with E-state index in [1.165, 1.54) is 0 Å². The number of para-hydroxylation sites is 1. The second-order valence-electron chi connectivity index (χ2n) is 5.83. The largest absolute Gasteiger partial charge is 0.493 e. The van der Waals surface area contributed by atoms with Crippen LogP contribution in [0.4, 0.5) is 0 Å². The minimum atomic E-state index is -0.410. The summed E-state index contributed by atoms with van der Waals surface area (Å²) in [5.41, 5.74) is 2.13. The maximum absolute atomic E-state index is 12.1. The van der Waals surface area contributed by atoms with Crippen LogP contribution in [-0.2, 0) is 16.0 Å². The molecule has 0 N–H and O–H groups in total. The number of aryl methyl sites for hydroxylation is 1. The molecular formula is C19H25N3O4. The molecule has 0 bridgehead atoms. The molecular weight excluding hydrogens is 334 g/mol. The Bertz CT molecular complexity index is 727. The summed E-state index contributed by atoms with van der Waals surface area (Å²) in [6, 6.07) is 7.07. The predicted molar refractivity (Wildman–Crippen MR) is 98.1 cm³/mol. The monoisotopic (exact) mass is 359 g/mol. The summed E-state index contributed by atoms with van der Waals surface area (Å²) in [5.74, 6) is 0.118. The number of rotatable bonds is 11. The van der Waals surface area contributed by atoms with E-state index < -0.39 is 5.97 Å². The number of esters is 1. The molecule has 0 unspecified atom stereocenters. The lowest BCUT2D eigenvalue weighted by atomic mass is 10.2. The first-order valence-corrected chi connectivity index (χ1v) is 8.55. The molecule has 0 radical (unpaired) electrons. The molecule has 0 saturated heterocycles. The lowest BCUT2D eigenvalue weighted by molar-refractivity contribution is 0.0384. The zero-order chi connectivity index (χ0) is 18.8. The molecule has 1 aromatic carbocycles. The molecule has 0 aliphatic rings. The van der Waals surface area contributed by atoms with Gasteiger partial charge in [0.25, 0.3) is 0 Å². The summed E-state index contributed by atoms with van der Waals surface area (Å²) in [6.45, 7) is 7.59. The van der Waals surface area contributed by atoms with Gasteiger partial charge in [-0.15, -0.1) is 5.10 Å². The number of benzene rings is 1. The van der Waals surface area contributed by atoms with Crippen LogP contribution in [0.1, 0.15) is 35.8 Å². The summed E-state index contributed by atoms with van der Waals surface area (Å²) in [7, 11) is 1.56. The predicted octanol–water partition coefficient (Wildman–Crippen LogP) is 2.97. The maximum Gasteiger partial charge on any atom is 0.342 e. The minimum Gasteiger partial charge on any atom is -0.493 e. The molecule has 0 spiro atoms. The normalized spacial score (nSPS) is 10.5. The Morgan fingerprint density at radius 3 is 2.73 bits per heavy atom. The molecule has 140 valence electrons. The molecule has 0 amide bonds. The number of hydrogen-bond acceptors (Lipinski definition) is 6. The third-order valence-corrected chi connectivity index (χ3v) is 3.64. The number of aromatic nitrogens is 3. The van der Waals surface area contributed by atoms with Gasteiger partial charge in [-0.3, -0.25) is 4.68 Å². The average molecular weight is 359 g/mol. The minimum absolute atomic E-state index is 0.216. The molecule has 2 rings (SSSR count). The summed E-state index contributed by atoms with van der Waals surface area (Å²) >= 11 is 0. The van der Waals surface area contributed by atoms with Crippen molar-refractivity contribution >= 4 is 11.5 Å². The Labute approximate surface area is 153 Å². The van der Waals surface area contributed by atoms with E-state index in [0.29, 0.717) is 24.5 Å². The maximum atomic E-state index is 12.1. The zero-order valence-electron chi connectivity index (χ0n) is 15.3. The SMILES string of the molecule is C=C(C)c1cn(CCCCOc2ccccc2C(=O)OCCOC)nn1. The smallest absolute Gasteiger partial charge is 0.342 e. The van der Waals surface area contributed by atoms with Crippen molar-refractivity contribution in [3.63, 3.8) is 0 Å². The highest BCUT2D eigenvalue weighted by atomic mass is 16.6. The van der Waals surface area contributed by atoms with Crippen molar-refractivity contribution in [3.05, 3.63) is 48.3 Å². The van der Waals surface area contributed by atoms with Gasteiger partial charge in [0.1, 0.15) is 23.6 Å². The number of nitrogens with zero attached hydrogens (tertiary/aromatic N) is 3. The van der Waals surface area contributed by atoms with Crippen LogP contribution in [0.3, 0.4) is 0 Å². The summed E-state index contributed by atoms with van der Waals surface area (Å²) < 4.78 is 17.6. The molecule has 0 fully saturated rings. The Balaban J connectivity index is 1.76. The van der Waals surface area contributed by atoms with Gasteiger partial charge in [-0.1, -0.05) is 23.9 Å². The summed E-state index contributed by atoms with van der Waals surface area (Å²) in [6.07, 6.45) is 3.60. The Kier molecular flexibility index (Phi) is 7.82. The highest BCUT2D eigenvalue weighted by molar-refractivity contribution is 5.92. The topological polar surface area (TPSA) is 75.5 Å².